The molecule has 0 radical (unpaired) electrons. The van der Waals surface area contributed by atoms with Crippen LogP contribution in [-0.4, -0.2) is 5.91 Å². The molecule has 3 nitrogen and oxygen atoms in total. The normalized spacial score (nSPS) is 10.7. The standard InChI is InChI=1S/C25H22N2O/c26-25(28)21-15-13-19(14-16-21)17-27(23-10-2-1-3-11-23)18-22-9-6-8-20-7-4-5-12-24(20)22/h1-16H,17-18H2,(H2,26,28). The molecule has 3 heteroatoms. The summed E-state index contributed by atoms with van der Waals surface area (Å²) in [4.78, 5) is 13.7. The van der Waals surface area contributed by atoms with Gasteiger partial charge >= 0.3 is 0 Å². The minimum absolute atomic E-state index is 0.401. The lowest BCUT2D eigenvalue weighted by Gasteiger charge is -2.26. The van der Waals surface area contributed by atoms with Crippen LogP contribution in [0.4, 0.5) is 5.69 Å². The summed E-state index contributed by atoms with van der Waals surface area (Å²) in [7, 11) is 0. The number of carbonyl (C=O) groups excluding carboxylic acids is 1. The number of primary amides is 1. The Bertz CT molecular complexity index is 1080. The fraction of sp³-hybridized carbons (Fsp3) is 0.0800. The van der Waals surface area contributed by atoms with E-state index in [1.54, 1.807) is 12.1 Å². The molecule has 138 valence electrons. The van der Waals surface area contributed by atoms with Gasteiger partial charge in [0.25, 0.3) is 0 Å². The molecule has 0 saturated heterocycles. The van der Waals surface area contributed by atoms with E-state index in [0.29, 0.717) is 5.56 Å². The number of fused-ring (bicyclic) bond motifs is 1. The van der Waals surface area contributed by atoms with Gasteiger partial charge in [0.15, 0.2) is 0 Å². The Morgan fingerprint density at radius 2 is 1.39 bits per heavy atom. The van der Waals surface area contributed by atoms with Crippen molar-refractivity contribution < 1.29 is 4.79 Å². The predicted octanol–water partition coefficient (Wildman–Crippen LogP) is 5.15. The van der Waals surface area contributed by atoms with Crippen LogP contribution in [0.25, 0.3) is 10.8 Å². The first-order chi connectivity index (χ1) is 13.7. The largest absolute Gasteiger partial charge is 0.366 e. The molecule has 0 bridgehead atoms. The second-order valence-electron chi connectivity index (χ2n) is 6.89. The molecule has 0 aliphatic heterocycles. The molecule has 0 aromatic heterocycles. The highest BCUT2D eigenvalue weighted by Crippen LogP contribution is 2.24. The van der Waals surface area contributed by atoms with Gasteiger partial charge in [0, 0.05) is 24.3 Å². The summed E-state index contributed by atoms with van der Waals surface area (Å²) < 4.78 is 0. The molecule has 28 heavy (non-hydrogen) atoms. The number of hydrogen-bond donors (Lipinski definition) is 1. The first-order valence-corrected chi connectivity index (χ1v) is 9.36. The Morgan fingerprint density at radius 3 is 2.14 bits per heavy atom. The first-order valence-electron chi connectivity index (χ1n) is 9.36. The van der Waals surface area contributed by atoms with Gasteiger partial charge in [0.1, 0.15) is 0 Å². The van der Waals surface area contributed by atoms with Crippen LogP contribution >= 0.6 is 0 Å². The molecule has 0 spiro atoms. The molecule has 0 aliphatic rings. The zero-order valence-corrected chi connectivity index (χ0v) is 15.6. The number of benzene rings is 4. The molecule has 0 unspecified atom stereocenters. The maximum atomic E-state index is 11.3. The molecule has 1 amide bonds. The van der Waals surface area contributed by atoms with E-state index < -0.39 is 5.91 Å². The van der Waals surface area contributed by atoms with Crippen LogP contribution in [0.2, 0.25) is 0 Å². The quantitative estimate of drug-likeness (QED) is 0.513. The maximum Gasteiger partial charge on any atom is 0.248 e. The highest BCUT2D eigenvalue weighted by molar-refractivity contribution is 5.92. The fourth-order valence-corrected chi connectivity index (χ4v) is 3.51. The smallest absolute Gasteiger partial charge is 0.248 e. The van der Waals surface area contributed by atoms with Gasteiger partial charge in [-0.3, -0.25) is 4.79 Å². The molecule has 4 aromatic carbocycles. The van der Waals surface area contributed by atoms with Gasteiger partial charge in [-0.05, 0) is 46.2 Å². The van der Waals surface area contributed by atoms with E-state index in [1.165, 1.54) is 16.3 Å². The molecule has 4 aromatic rings. The number of carbonyl (C=O) groups is 1. The highest BCUT2D eigenvalue weighted by Gasteiger charge is 2.11. The average Bonchev–Trinajstić information content (AvgIpc) is 2.74. The van der Waals surface area contributed by atoms with Crippen LogP contribution in [-0.2, 0) is 13.1 Å². The topological polar surface area (TPSA) is 46.3 Å². The van der Waals surface area contributed by atoms with Gasteiger partial charge in [-0.1, -0.05) is 72.8 Å². The number of anilines is 1. The van der Waals surface area contributed by atoms with E-state index in [1.807, 2.05) is 18.2 Å². The van der Waals surface area contributed by atoms with Gasteiger partial charge in [-0.25, -0.2) is 0 Å². The molecular formula is C25H22N2O. The third-order valence-corrected chi connectivity index (χ3v) is 4.97. The number of nitrogens with two attached hydrogens (primary N) is 1. The first kappa shape index (κ1) is 17.8. The van der Waals surface area contributed by atoms with E-state index >= 15 is 0 Å². The minimum Gasteiger partial charge on any atom is -0.366 e. The van der Waals surface area contributed by atoms with Crippen molar-refractivity contribution in [2.45, 2.75) is 13.1 Å². The monoisotopic (exact) mass is 366 g/mol. The lowest BCUT2D eigenvalue weighted by Crippen LogP contribution is -2.22. The van der Waals surface area contributed by atoms with Crippen molar-refractivity contribution in [1.82, 2.24) is 0 Å². The van der Waals surface area contributed by atoms with E-state index in [2.05, 4.69) is 71.6 Å². The molecular weight excluding hydrogens is 344 g/mol. The summed E-state index contributed by atoms with van der Waals surface area (Å²) >= 11 is 0. The van der Waals surface area contributed by atoms with Crippen LogP contribution in [0.3, 0.4) is 0 Å². The number of rotatable bonds is 6. The lowest BCUT2D eigenvalue weighted by atomic mass is 10.0. The summed E-state index contributed by atoms with van der Waals surface area (Å²) in [5.74, 6) is -0.401. The third-order valence-electron chi connectivity index (χ3n) is 4.97. The molecule has 0 fully saturated rings. The molecule has 0 atom stereocenters. The van der Waals surface area contributed by atoms with Crippen molar-refractivity contribution >= 4 is 22.4 Å². The summed E-state index contributed by atoms with van der Waals surface area (Å²) in [6.07, 6.45) is 0. The van der Waals surface area contributed by atoms with Crippen molar-refractivity contribution in [2.75, 3.05) is 4.90 Å². The Kier molecular flexibility index (Phi) is 5.07. The molecule has 0 aliphatic carbocycles. The summed E-state index contributed by atoms with van der Waals surface area (Å²) in [5.41, 5.74) is 9.48. The van der Waals surface area contributed by atoms with Crippen LogP contribution in [0.5, 0.6) is 0 Å². The predicted molar refractivity (Wildman–Crippen MR) is 115 cm³/mol. The SMILES string of the molecule is NC(=O)c1ccc(CN(Cc2cccc3ccccc23)c2ccccc2)cc1. The Hall–Kier alpha value is -3.59. The zero-order chi connectivity index (χ0) is 19.3. The van der Waals surface area contributed by atoms with Crippen molar-refractivity contribution in [3.05, 3.63) is 114 Å². The average molecular weight is 366 g/mol. The Morgan fingerprint density at radius 1 is 0.714 bits per heavy atom. The zero-order valence-electron chi connectivity index (χ0n) is 15.6. The molecule has 4 rings (SSSR count). The van der Waals surface area contributed by atoms with Crippen LogP contribution in [0, 0.1) is 0 Å². The van der Waals surface area contributed by atoms with Crippen molar-refractivity contribution in [2.24, 2.45) is 5.73 Å². The van der Waals surface area contributed by atoms with Gasteiger partial charge in [0.2, 0.25) is 5.91 Å². The van der Waals surface area contributed by atoms with Gasteiger partial charge < -0.3 is 10.6 Å². The van der Waals surface area contributed by atoms with Crippen molar-refractivity contribution in [1.29, 1.82) is 0 Å². The second-order valence-corrected chi connectivity index (χ2v) is 6.89. The van der Waals surface area contributed by atoms with E-state index in [-0.39, 0.29) is 0 Å². The van der Waals surface area contributed by atoms with Crippen molar-refractivity contribution in [3.8, 4) is 0 Å². The number of amides is 1. The van der Waals surface area contributed by atoms with Crippen molar-refractivity contribution in [3.63, 3.8) is 0 Å². The van der Waals surface area contributed by atoms with Crippen LogP contribution in [0.15, 0.2) is 97.1 Å². The number of para-hydroxylation sites is 1. The van der Waals surface area contributed by atoms with Gasteiger partial charge in [-0.15, -0.1) is 0 Å². The molecule has 0 saturated carbocycles. The lowest BCUT2D eigenvalue weighted by molar-refractivity contribution is 0.100. The Balaban J connectivity index is 1.67. The fourth-order valence-electron chi connectivity index (χ4n) is 3.51. The number of hydrogen-bond acceptors (Lipinski definition) is 2. The summed E-state index contributed by atoms with van der Waals surface area (Å²) in [6, 6.07) is 32.9. The summed E-state index contributed by atoms with van der Waals surface area (Å²) in [6.45, 7) is 1.54. The third kappa shape index (κ3) is 3.89. The van der Waals surface area contributed by atoms with Crippen LogP contribution in [0.1, 0.15) is 21.5 Å². The molecule has 0 heterocycles. The van der Waals surface area contributed by atoms with E-state index in [0.717, 1.165) is 24.3 Å². The number of nitrogens with zero attached hydrogens (tertiary/aromatic N) is 1. The minimum atomic E-state index is -0.401. The van der Waals surface area contributed by atoms with E-state index in [9.17, 15) is 4.79 Å². The van der Waals surface area contributed by atoms with Crippen LogP contribution < -0.4 is 10.6 Å². The Labute approximate surface area is 165 Å². The van der Waals surface area contributed by atoms with E-state index in [4.69, 9.17) is 5.73 Å². The highest BCUT2D eigenvalue weighted by atomic mass is 16.1. The van der Waals surface area contributed by atoms with Gasteiger partial charge in [-0.2, -0.15) is 0 Å². The maximum absolute atomic E-state index is 11.3. The molecule has 2 N–H and O–H groups in total. The second kappa shape index (κ2) is 7.97. The van der Waals surface area contributed by atoms with Gasteiger partial charge in [0.05, 0.1) is 0 Å². The summed E-state index contributed by atoms with van der Waals surface area (Å²) in [5, 5.41) is 2.52.